The van der Waals surface area contributed by atoms with E-state index in [1.165, 1.54) is 0 Å². The molecule has 0 spiro atoms. The molecule has 0 N–H and O–H groups in total. The summed E-state index contributed by atoms with van der Waals surface area (Å²) in [5.41, 5.74) is 0. The fraction of sp³-hybridized carbons (Fsp3) is 0.375. The molecule has 1 rings (SSSR count). The Labute approximate surface area is 73.7 Å². The zero-order chi connectivity index (χ0) is 8.27. The van der Waals surface area contributed by atoms with Gasteiger partial charge in [0.05, 0.1) is 4.47 Å². The first-order chi connectivity index (χ1) is 5.18. The maximum Gasteiger partial charge on any atom is 0.130 e. The third-order valence-corrected chi connectivity index (χ3v) is 1.76. The molecule has 0 saturated heterocycles. The van der Waals surface area contributed by atoms with E-state index in [9.17, 15) is 4.79 Å². The van der Waals surface area contributed by atoms with Crippen molar-refractivity contribution in [1.82, 2.24) is 0 Å². The van der Waals surface area contributed by atoms with Crippen LogP contribution in [0.25, 0.3) is 0 Å². The molecule has 1 heterocycles. The number of ketones is 1. The fourth-order valence-corrected chi connectivity index (χ4v) is 1.13. The van der Waals surface area contributed by atoms with Crippen LogP contribution in [0.2, 0.25) is 0 Å². The molecule has 11 heavy (non-hydrogen) atoms. The van der Waals surface area contributed by atoms with Crippen LogP contribution in [0.4, 0.5) is 0 Å². The number of rotatable bonds is 3. The van der Waals surface area contributed by atoms with Gasteiger partial charge in [-0.3, -0.25) is 0 Å². The van der Waals surface area contributed by atoms with Crippen LogP contribution in [0.1, 0.15) is 19.1 Å². The van der Waals surface area contributed by atoms with Crippen LogP contribution in [-0.4, -0.2) is 5.78 Å². The van der Waals surface area contributed by atoms with Gasteiger partial charge in [0.1, 0.15) is 17.8 Å². The highest BCUT2D eigenvalue weighted by atomic mass is 79.9. The predicted octanol–water partition coefficient (Wildman–Crippen LogP) is 2.56. The van der Waals surface area contributed by atoms with Crippen LogP contribution < -0.4 is 0 Å². The Kier molecular flexibility index (Phi) is 2.88. The lowest BCUT2D eigenvalue weighted by Crippen LogP contribution is -1.91. The Morgan fingerprint density at radius 1 is 1.73 bits per heavy atom. The molecule has 0 bridgehead atoms. The molecule has 0 unspecified atom stereocenters. The number of Topliss-reactive ketones (excluding diaryl/α,β-unsaturated/α-hetero) is 1. The summed E-state index contributed by atoms with van der Waals surface area (Å²) in [5.74, 6) is 1.05. The SMILES string of the molecule is CC(=O)CCc1cc(Br)co1. The minimum Gasteiger partial charge on any atom is -0.468 e. The minimum atomic E-state index is 0.192. The van der Waals surface area contributed by atoms with Crippen LogP contribution in [0, 0.1) is 0 Å². The highest BCUT2D eigenvalue weighted by Gasteiger charge is 2.00. The molecule has 60 valence electrons. The Hall–Kier alpha value is -0.570. The molecule has 0 amide bonds. The topological polar surface area (TPSA) is 30.2 Å². The van der Waals surface area contributed by atoms with Crippen LogP contribution in [0.15, 0.2) is 21.2 Å². The van der Waals surface area contributed by atoms with Gasteiger partial charge in [0.15, 0.2) is 0 Å². The molecule has 3 heteroatoms. The van der Waals surface area contributed by atoms with Gasteiger partial charge in [0.2, 0.25) is 0 Å². The van der Waals surface area contributed by atoms with E-state index in [-0.39, 0.29) is 5.78 Å². The van der Waals surface area contributed by atoms with E-state index in [0.29, 0.717) is 12.8 Å². The van der Waals surface area contributed by atoms with E-state index in [4.69, 9.17) is 4.42 Å². The molecule has 0 aliphatic heterocycles. The van der Waals surface area contributed by atoms with Gasteiger partial charge in [-0.15, -0.1) is 0 Å². The van der Waals surface area contributed by atoms with Gasteiger partial charge in [-0.1, -0.05) is 0 Å². The smallest absolute Gasteiger partial charge is 0.130 e. The maximum atomic E-state index is 10.6. The number of halogens is 1. The van der Waals surface area contributed by atoms with E-state index < -0.39 is 0 Å². The van der Waals surface area contributed by atoms with Gasteiger partial charge in [-0.05, 0) is 28.9 Å². The molecule has 2 nitrogen and oxygen atoms in total. The predicted molar refractivity (Wildman–Crippen MR) is 45.4 cm³/mol. The molecule has 0 aliphatic rings. The fourth-order valence-electron chi connectivity index (χ4n) is 0.784. The standard InChI is InChI=1S/C8H9BrO2/c1-6(10)2-3-8-4-7(9)5-11-8/h4-5H,2-3H2,1H3. The second kappa shape index (κ2) is 3.72. The molecule has 0 saturated carbocycles. The average Bonchev–Trinajstić information content (AvgIpc) is 2.31. The first kappa shape index (κ1) is 8.53. The first-order valence-corrected chi connectivity index (χ1v) is 4.20. The Morgan fingerprint density at radius 2 is 2.45 bits per heavy atom. The van der Waals surface area contributed by atoms with Crippen LogP contribution in [0.3, 0.4) is 0 Å². The van der Waals surface area contributed by atoms with Gasteiger partial charge < -0.3 is 9.21 Å². The van der Waals surface area contributed by atoms with Crippen LogP contribution in [0.5, 0.6) is 0 Å². The zero-order valence-electron chi connectivity index (χ0n) is 6.26. The third kappa shape index (κ3) is 2.89. The summed E-state index contributed by atoms with van der Waals surface area (Å²) in [6, 6.07) is 1.88. The van der Waals surface area contributed by atoms with Gasteiger partial charge in [0, 0.05) is 12.8 Å². The lowest BCUT2D eigenvalue weighted by molar-refractivity contribution is -0.117. The van der Waals surface area contributed by atoms with E-state index in [2.05, 4.69) is 15.9 Å². The number of aryl methyl sites for hydroxylation is 1. The lowest BCUT2D eigenvalue weighted by Gasteiger charge is -1.90. The number of hydrogen-bond donors (Lipinski definition) is 0. The van der Waals surface area contributed by atoms with Crippen molar-refractivity contribution in [3.05, 3.63) is 22.6 Å². The van der Waals surface area contributed by atoms with Crippen LogP contribution in [-0.2, 0) is 11.2 Å². The van der Waals surface area contributed by atoms with Gasteiger partial charge in [0.25, 0.3) is 0 Å². The summed E-state index contributed by atoms with van der Waals surface area (Å²) >= 11 is 3.26. The van der Waals surface area contributed by atoms with Gasteiger partial charge >= 0.3 is 0 Å². The Morgan fingerprint density at radius 3 is 2.91 bits per heavy atom. The van der Waals surface area contributed by atoms with E-state index in [1.54, 1.807) is 13.2 Å². The monoisotopic (exact) mass is 216 g/mol. The lowest BCUT2D eigenvalue weighted by atomic mass is 10.2. The summed E-state index contributed by atoms with van der Waals surface area (Å²) in [6.45, 7) is 1.58. The van der Waals surface area contributed by atoms with E-state index in [0.717, 1.165) is 10.2 Å². The van der Waals surface area contributed by atoms with Crippen molar-refractivity contribution in [3.63, 3.8) is 0 Å². The van der Waals surface area contributed by atoms with Gasteiger partial charge in [-0.25, -0.2) is 0 Å². The molecular formula is C8H9BrO2. The summed E-state index contributed by atoms with van der Waals surface area (Å²) in [4.78, 5) is 10.6. The van der Waals surface area contributed by atoms with Crippen molar-refractivity contribution in [3.8, 4) is 0 Å². The molecule has 0 atom stereocenters. The summed E-state index contributed by atoms with van der Waals surface area (Å²) in [7, 11) is 0. The third-order valence-electron chi connectivity index (χ3n) is 1.35. The molecular weight excluding hydrogens is 208 g/mol. The molecule has 0 aromatic carbocycles. The normalized spacial score (nSPS) is 10.0. The van der Waals surface area contributed by atoms with E-state index >= 15 is 0 Å². The minimum absolute atomic E-state index is 0.192. The number of hydrogen-bond acceptors (Lipinski definition) is 2. The molecule has 1 aromatic rings. The number of furan rings is 1. The highest BCUT2D eigenvalue weighted by molar-refractivity contribution is 9.10. The summed E-state index contributed by atoms with van der Waals surface area (Å²) in [6.07, 6.45) is 2.87. The largest absolute Gasteiger partial charge is 0.468 e. The maximum absolute atomic E-state index is 10.6. The average molecular weight is 217 g/mol. The second-order valence-corrected chi connectivity index (χ2v) is 3.35. The van der Waals surface area contributed by atoms with Crippen molar-refractivity contribution in [2.75, 3.05) is 0 Å². The Balaban J connectivity index is 2.45. The van der Waals surface area contributed by atoms with Crippen molar-refractivity contribution >= 4 is 21.7 Å². The summed E-state index contributed by atoms with van der Waals surface area (Å²) < 4.78 is 6.04. The summed E-state index contributed by atoms with van der Waals surface area (Å²) in [5, 5.41) is 0. The quantitative estimate of drug-likeness (QED) is 0.778. The highest BCUT2D eigenvalue weighted by Crippen LogP contribution is 2.15. The van der Waals surface area contributed by atoms with Crippen molar-refractivity contribution in [2.45, 2.75) is 19.8 Å². The number of carbonyl (C=O) groups excluding carboxylic acids is 1. The molecule has 0 aliphatic carbocycles. The van der Waals surface area contributed by atoms with Crippen LogP contribution >= 0.6 is 15.9 Å². The molecule has 0 fully saturated rings. The number of carbonyl (C=O) groups is 1. The van der Waals surface area contributed by atoms with Crippen molar-refractivity contribution in [1.29, 1.82) is 0 Å². The van der Waals surface area contributed by atoms with E-state index in [1.807, 2.05) is 6.07 Å². The van der Waals surface area contributed by atoms with Crippen molar-refractivity contribution < 1.29 is 9.21 Å². The molecule has 0 radical (unpaired) electrons. The molecule has 1 aromatic heterocycles. The zero-order valence-corrected chi connectivity index (χ0v) is 7.85. The Bertz CT molecular complexity index is 252. The first-order valence-electron chi connectivity index (χ1n) is 3.41. The van der Waals surface area contributed by atoms with Gasteiger partial charge in [-0.2, -0.15) is 0 Å². The second-order valence-electron chi connectivity index (χ2n) is 2.43. The van der Waals surface area contributed by atoms with Crippen molar-refractivity contribution in [2.24, 2.45) is 0 Å².